The average Bonchev–Trinajstić information content (AvgIpc) is 2.11. The second kappa shape index (κ2) is 5.88. The number of methoxy groups -OCH3 is 1. The highest BCUT2D eigenvalue weighted by atomic mass is 79.9. The Bertz CT molecular complexity index is 268. The van der Waals surface area contributed by atoms with Gasteiger partial charge >= 0.3 is 0 Å². The molecule has 0 fully saturated rings. The Balaban J connectivity index is 2.42. The Hall–Kier alpha value is -0.740. The molecule has 0 aliphatic heterocycles. The quantitative estimate of drug-likeness (QED) is 0.828. The van der Waals surface area contributed by atoms with E-state index >= 15 is 0 Å². The van der Waals surface area contributed by atoms with E-state index in [1.807, 2.05) is 6.07 Å². The second-order valence-electron chi connectivity index (χ2n) is 2.84. The zero-order valence-corrected chi connectivity index (χ0v) is 9.58. The van der Waals surface area contributed by atoms with Gasteiger partial charge in [-0.25, -0.2) is 0 Å². The highest BCUT2D eigenvalue weighted by molar-refractivity contribution is 9.10. The average molecular weight is 261 g/mol. The van der Waals surface area contributed by atoms with Crippen LogP contribution in [0.4, 0.5) is 0 Å². The van der Waals surface area contributed by atoms with Crippen LogP contribution in [0.5, 0.6) is 11.5 Å². The number of phenolic OH excluding ortho intramolecular Hbond substituents is 1. The molecule has 1 aromatic rings. The number of benzene rings is 1. The van der Waals surface area contributed by atoms with E-state index in [1.165, 1.54) is 0 Å². The van der Waals surface area contributed by atoms with E-state index in [2.05, 4.69) is 15.9 Å². The summed E-state index contributed by atoms with van der Waals surface area (Å²) < 4.78 is 11.1. The van der Waals surface area contributed by atoms with E-state index in [1.54, 1.807) is 19.2 Å². The maximum absolute atomic E-state index is 9.26. The van der Waals surface area contributed by atoms with Crippen LogP contribution in [0, 0.1) is 0 Å². The molecule has 0 bridgehead atoms. The SMILES string of the molecule is COCCCOc1cc(O)cc(Br)c1. The van der Waals surface area contributed by atoms with Crippen molar-refractivity contribution in [3.05, 3.63) is 22.7 Å². The number of halogens is 1. The molecule has 14 heavy (non-hydrogen) atoms. The van der Waals surface area contributed by atoms with Gasteiger partial charge in [0.05, 0.1) is 6.61 Å². The maximum Gasteiger partial charge on any atom is 0.124 e. The van der Waals surface area contributed by atoms with Crippen LogP contribution in [0.1, 0.15) is 6.42 Å². The van der Waals surface area contributed by atoms with Gasteiger partial charge in [-0.15, -0.1) is 0 Å². The highest BCUT2D eigenvalue weighted by Crippen LogP contribution is 2.25. The standard InChI is InChI=1S/C10H13BrO3/c1-13-3-2-4-14-10-6-8(11)5-9(12)7-10/h5-7,12H,2-4H2,1H3. The lowest BCUT2D eigenvalue weighted by Crippen LogP contribution is -2.01. The van der Waals surface area contributed by atoms with Crippen molar-refractivity contribution in [2.45, 2.75) is 6.42 Å². The van der Waals surface area contributed by atoms with Gasteiger partial charge < -0.3 is 14.6 Å². The van der Waals surface area contributed by atoms with E-state index in [4.69, 9.17) is 9.47 Å². The lowest BCUT2D eigenvalue weighted by molar-refractivity contribution is 0.172. The molecule has 0 aliphatic carbocycles. The van der Waals surface area contributed by atoms with Crippen LogP contribution in [0.15, 0.2) is 22.7 Å². The predicted molar refractivity (Wildman–Crippen MR) is 57.8 cm³/mol. The zero-order chi connectivity index (χ0) is 10.4. The molecular weight excluding hydrogens is 248 g/mol. The van der Waals surface area contributed by atoms with Gasteiger partial charge in [0, 0.05) is 30.7 Å². The minimum Gasteiger partial charge on any atom is -0.508 e. The number of ether oxygens (including phenoxy) is 2. The summed E-state index contributed by atoms with van der Waals surface area (Å²) in [5, 5.41) is 9.26. The summed E-state index contributed by atoms with van der Waals surface area (Å²) in [5.41, 5.74) is 0. The number of hydrogen-bond acceptors (Lipinski definition) is 3. The molecule has 0 unspecified atom stereocenters. The highest BCUT2D eigenvalue weighted by Gasteiger charge is 1.98. The Labute approximate surface area is 91.8 Å². The van der Waals surface area contributed by atoms with Crippen LogP contribution >= 0.6 is 15.9 Å². The molecule has 0 aliphatic rings. The normalized spacial score (nSPS) is 10.1. The number of phenols is 1. The summed E-state index contributed by atoms with van der Waals surface area (Å²) in [6, 6.07) is 5.01. The minimum atomic E-state index is 0.195. The van der Waals surface area contributed by atoms with E-state index < -0.39 is 0 Å². The molecule has 1 aromatic carbocycles. The molecule has 4 heteroatoms. The van der Waals surface area contributed by atoms with Crippen molar-refractivity contribution >= 4 is 15.9 Å². The minimum absolute atomic E-state index is 0.195. The van der Waals surface area contributed by atoms with Crippen molar-refractivity contribution in [2.75, 3.05) is 20.3 Å². The van der Waals surface area contributed by atoms with Gasteiger partial charge in [0.25, 0.3) is 0 Å². The number of rotatable bonds is 5. The third kappa shape index (κ3) is 3.98. The third-order valence-electron chi connectivity index (χ3n) is 1.62. The van der Waals surface area contributed by atoms with Gasteiger partial charge in [-0.3, -0.25) is 0 Å². The van der Waals surface area contributed by atoms with Crippen molar-refractivity contribution in [1.82, 2.24) is 0 Å². The first-order chi connectivity index (χ1) is 6.72. The predicted octanol–water partition coefficient (Wildman–Crippen LogP) is 2.57. The maximum atomic E-state index is 9.26. The second-order valence-corrected chi connectivity index (χ2v) is 3.76. The topological polar surface area (TPSA) is 38.7 Å². The lowest BCUT2D eigenvalue weighted by atomic mass is 10.3. The van der Waals surface area contributed by atoms with E-state index in [9.17, 15) is 5.11 Å². The Morgan fingerprint density at radius 2 is 2.07 bits per heavy atom. The molecule has 3 nitrogen and oxygen atoms in total. The monoisotopic (exact) mass is 260 g/mol. The fourth-order valence-corrected chi connectivity index (χ4v) is 1.48. The van der Waals surface area contributed by atoms with Gasteiger partial charge in [0.15, 0.2) is 0 Å². The molecule has 0 heterocycles. The summed E-state index contributed by atoms with van der Waals surface area (Å²) in [6.07, 6.45) is 0.837. The van der Waals surface area contributed by atoms with Crippen molar-refractivity contribution < 1.29 is 14.6 Å². The lowest BCUT2D eigenvalue weighted by Gasteiger charge is -2.06. The fraction of sp³-hybridized carbons (Fsp3) is 0.400. The first-order valence-corrected chi connectivity index (χ1v) is 5.13. The molecule has 0 radical (unpaired) electrons. The van der Waals surface area contributed by atoms with Crippen molar-refractivity contribution in [1.29, 1.82) is 0 Å². The van der Waals surface area contributed by atoms with Crippen LogP contribution in [0.3, 0.4) is 0 Å². The van der Waals surface area contributed by atoms with Crippen LogP contribution in [-0.4, -0.2) is 25.4 Å². The summed E-state index contributed by atoms with van der Waals surface area (Å²) in [6.45, 7) is 1.27. The third-order valence-corrected chi connectivity index (χ3v) is 2.08. The largest absolute Gasteiger partial charge is 0.508 e. The molecule has 1 N–H and O–H groups in total. The number of aromatic hydroxyl groups is 1. The molecule has 78 valence electrons. The first-order valence-electron chi connectivity index (χ1n) is 4.33. The fourth-order valence-electron chi connectivity index (χ4n) is 1.02. The van der Waals surface area contributed by atoms with Gasteiger partial charge in [-0.2, -0.15) is 0 Å². The van der Waals surface area contributed by atoms with Gasteiger partial charge in [0.2, 0.25) is 0 Å². The molecule has 0 saturated heterocycles. The van der Waals surface area contributed by atoms with E-state index in [-0.39, 0.29) is 5.75 Å². The Kier molecular flexibility index (Phi) is 4.76. The molecule has 0 atom stereocenters. The van der Waals surface area contributed by atoms with Crippen LogP contribution in [0.25, 0.3) is 0 Å². The van der Waals surface area contributed by atoms with Crippen LogP contribution < -0.4 is 4.74 Å². The molecule has 0 saturated carbocycles. The van der Waals surface area contributed by atoms with Gasteiger partial charge in [-0.1, -0.05) is 15.9 Å². The van der Waals surface area contributed by atoms with E-state index in [0.29, 0.717) is 19.0 Å². The van der Waals surface area contributed by atoms with Crippen molar-refractivity contribution in [2.24, 2.45) is 0 Å². The van der Waals surface area contributed by atoms with Crippen molar-refractivity contribution in [3.63, 3.8) is 0 Å². The van der Waals surface area contributed by atoms with Gasteiger partial charge in [0.1, 0.15) is 11.5 Å². The zero-order valence-electron chi connectivity index (χ0n) is 8.00. The van der Waals surface area contributed by atoms with E-state index in [0.717, 1.165) is 10.9 Å². The first kappa shape index (κ1) is 11.3. The molecule has 1 rings (SSSR count). The Morgan fingerprint density at radius 1 is 1.29 bits per heavy atom. The van der Waals surface area contributed by atoms with Crippen molar-refractivity contribution in [3.8, 4) is 11.5 Å². The Morgan fingerprint density at radius 3 is 2.71 bits per heavy atom. The summed E-state index contributed by atoms with van der Waals surface area (Å²) in [5.74, 6) is 0.856. The summed E-state index contributed by atoms with van der Waals surface area (Å²) in [7, 11) is 1.66. The molecule has 0 aromatic heterocycles. The molecule has 0 spiro atoms. The summed E-state index contributed by atoms with van der Waals surface area (Å²) >= 11 is 3.27. The van der Waals surface area contributed by atoms with Crippen LogP contribution in [0.2, 0.25) is 0 Å². The molecular formula is C10H13BrO3. The molecule has 0 amide bonds. The smallest absolute Gasteiger partial charge is 0.124 e. The van der Waals surface area contributed by atoms with Gasteiger partial charge in [-0.05, 0) is 12.1 Å². The summed E-state index contributed by atoms with van der Waals surface area (Å²) in [4.78, 5) is 0. The number of hydrogen-bond donors (Lipinski definition) is 1. The van der Waals surface area contributed by atoms with Crippen LogP contribution in [-0.2, 0) is 4.74 Å².